The second-order valence-corrected chi connectivity index (χ2v) is 5.52. The number of benzene rings is 2. The van der Waals surface area contributed by atoms with E-state index in [1.54, 1.807) is 37.3 Å². The molecule has 0 aliphatic carbocycles. The number of aromatic nitrogens is 3. The van der Waals surface area contributed by atoms with Gasteiger partial charge in [-0.2, -0.15) is 0 Å². The van der Waals surface area contributed by atoms with Crippen LogP contribution in [-0.4, -0.2) is 25.9 Å². The number of carbonyl (C=O) groups excluding carboxylic acids is 1. The summed E-state index contributed by atoms with van der Waals surface area (Å²) in [4.78, 5) is 13.3. The molecule has 2 aromatic carbocycles. The summed E-state index contributed by atoms with van der Waals surface area (Å²) in [6.07, 6.45) is 0.320. The number of hydrogen-bond acceptors (Lipinski definition) is 4. The van der Waals surface area contributed by atoms with Crippen LogP contribution in [0.3, 0.4) is 0 Å². The average Bonchev–Trinajstić information content (AvgIpc) is 2.91. The first-order chi connectivity index (χ1) is 10.5. The average molecular weight is 316 g/mol. The van der Waals surface area contributed by atoms with Gasteiger partial charge in [-0.15, -0.1) is 15.0 Å². The Morgan fingerprint density at radius 3 is 2.68 bits per heavy atom. The van der Waals surface area contributed by atoms with Gasteiger partial charge in [0.1, 0.15) is 16.7 Å². The topological polar surface area (TPSA) is 68.0 Å². The van der Waals surface area contributed by atoms with Crippen LogP contribution in [0.2, 0.25) is 5.02 Å². The van der Waals surface area contributed by atoms with Gasteiger partial charge in [-0.3, -0.25) is 4.79 Å². The highest BCUT2D eigenvalue weighted by Crippen LogP contribution is 2.29. The van der Waals surface area contributed by atoms with Crippen molar-refractivity contribution in [2.24, 2.45) is 0 Å². The third-order valence-corrected chi connectivity index (χ3v) is 3.65. The molecule has 1 N–H and O–H groups in total. The highest BCUT2D eigenvalue weighted by atomic mass is 35.5. The Labute approximate surface area is 132 Å². The Hall–Kier alpha value is -2.40. The molecule has 0 unspecified atom stereocenters. The normalized spacial score (nSPS) is 11.0. The maximum absolute atomic E-state index is 12.0. The molecule has 0 atom stereocenters. The van der Waals surface area contributed by atoms with E-state index in [2.05, 4.69) is 10.2 Å². The van der Waals surface area contributed by atoms with Crippen molar-refractivity contribution >= 4 is 28.4 Å². The number of rotatable bonds is 3. The first-order valence-corrected chi connectivity index (χ1v) is 7.27. The second-order valence-electron chi connectivity index (χ2n) is 5.08. The van der Waals surface area contributed by atoms with Gasteiger partial charge in [-0.25, -0.2) is 0 Å². The molecule has 1 heterocycles. The fourth-order valence-corrected chi connectivity index (χ4v) is 2.48. The van der Waals surface area contributed by atoms with E-state index < -0.39 is 0 Å². The Morgan fingerprint density at radius 1 is 1.23 bits per heavy atom. The third-order valence-electron chi connectivity index (χ3n) is 3.41. The molecule has 0 spiro atoms. The molecule has 0 aliphatic heterocycles. The van der Waals surface area contributed by atoms with Gasteiger partial charge in [-0.1, -0.05) is 18.5 Å². The number of aryl methyl sites for hydroxylation is 1. The van der Waals surface area contributed by atoms with Crippen LogP contribution in [0, 0.1) is 6.92 Å². The zero-order valence-corrected chi connectivity index (χ0v) is 12.9. The summed E-state index contributed by atoms with van der Waals surface area (Å²) < 4.78 is 0. The molecule has 3 aromatic rings. The second kappa shape index (κ2) is 5.42. The molecule has 0 bridgehead atoms. The predicted molar refractivity (Wildman–Crippen MR) is 84.9 cm³/mol. The van der Waals surface area contributed by atoms with Crippen LogP contribution in [0.4, 0.5) is 0 Å². The van der Waals surface area contributed by atoms with Gasteiger partial charge >= 0.3 is 0 Å². The lowest BCUT2D eigenvalue weighted by Gasteiger charge is -2.09. The van der Waals surface area contributed by atoms with Crippen LogP contribution in [0.15, 0.2) is 30.3 Å². The minimum atomic E-state index is -0.123. The zero-order valence-electron chi connectivity index (χ0n) is 12.2. The molecule has 112 valence electrons. The van der Waals surface area contributed by atoms with Crippen molar-refractivity contribution in [1.29, 1.82) is 0 Å². The van der Waals surface area contributed by atoms with Crippen molar-refractivity contribution < 1.29 is 9.90 Å². The zero-order chi connectivity index (χ0) is 15.9. The van der Waals surface area contributed by atoms with Gasteiger partial charge in [-0.05, 0) is 42.8 Å². The van der Waals surface area contributed by atoms with E-state index in [0.717, 1.165) is 5.56 Å². The first-order valence-electron chi connectivity index (χ1n) is 6.89. The number of nitrogens with zero attached hydrogens (tertiary/aromatic N) is 3. The summed E-state index contributed by atoms with van der Waals surface area (Å²) in [7, 11) is 0. The molecule has 3 rings (SSSR count). The molecule has 0 aliphatic rings. The summed E-state index contributed by atoms with van der Waals surface area (Å²) in [6.45, 7) is 3.61. The Balaban J connectivity index is 2.21. The fraction of sp³-hybridized carbons (Fsp3) is 0.188. The third kappa shape index (κ3) is 2.44. The number of fused-ring (bicyclic) bond motifs is 1. The molecule has 6 heteroatoms. The van der Waals surface area contributed by atoms with E-state index in [4.69, 9.17) is 11.6 Å². The number of aromatic hydroxyl groups is 1. The standard InChI is InChI=1S/C16H14ClN3O2/c1-3-15(21)11-6-9(2)7-14(16(11)22)20-18-12-5-4-10(17)8-13(12)19-20/h4-8,22H,3H2,1-2H3. The van der Waals surface area contributed by atoms with E-state index in [0.29, 0.717) is 28.2 Å². The lowest BCUT2D eigenvalue weighted by Crippen LogP contribution is -2.05. The van der Waals surface area contributed by atoms with Crippen LogP contribution >= 0.6 is 11.6 Å². The summed E-state index contributed by atoms with van der Waals surface area (Å²) in [5, 5.41) is 19.6. The van der Waals surface area contributed by atoms with Crippen molar-refractivity contribution in [3.8, 4) is 11.4 Å². The largest absolute Gasteiger partial charge is 0.505 e. The van der Waals surface area contributed by atoms with Gasteiger partial charge in [0, 0.05) is 11.4 Å². The van der Waals surface area contributed by atoms with Crippen LogP contribution in [-0.2, 0) is 0 Å². The predicted octanol–water partition coefficient (Wildman–Crippen LogP) is 3.68. The SMILES string of the molecule is CCC(=O)c1cc(C)cc(-n2nc3ccc(Cl)cc3n2)c1O. The number of phenols is 1. The van der Waals surface area contributed by atoms with Gasteiger partial charge < -0.3 is 5.11 Å². The molecule has 22 heavy (non-hydrogen) atoms. The molecule has 0 fully saturated rings. The van der Waals surface area contributed by atoms with E-state index in [1.807, 2.05) is 6.92 Å². The van der Waals surface area contributed by atoms with E-state index in [1.165, 1.54) is 4.80 Å². The molecule has 1 aromatic heterocycles. The monoisotopic (exact) mass is 315 g/mol. The summed E-state index contributed by atoms with van der Waals surface area (Å²) >= 11 is 5.94. The van der Waals surface area contributed by atoms with E-state index >= 15 is 0 Å². The number of ketones is 1. The maximum Gasteiger partial charge on any atom is 0.166 e. The van der Waals surface area contributed by atoms with Crippen molar-refractivity contribution in [2.45, 2.75) is 20.3 Å². The molecular formula is C16H14ClN3O2. The summed E-state index contributed by atoms with van der Waals surface area (Å²) in [5.74, 6) is -0.231. The molecular weight excluding hydrogens is 302 g/mol. The van der Waals surface area contributed by atoms with Crippen LogP contribution in [0.5, 0.6) is 5.75 Å². The lowest BCUT2D eigenvalue weighted by molar-refractivity contribution is 0.0985. The highest BCUT2D eigenvalue weighted by molar-refractivity contribution is 6.31. The number of hydrogen-bond donors (Lipinski definition) is 1. The van der Waals surface area contributed by atoms with Crippen LogP contribution < -0.4 is 0 Å². The summed E-state index contributed by atoms with van der Waals surface area (Å²) in [6, 6.07) is 8.59. The number of carbonyl (C=O) groups is 1. The summed E-state index contributed by atoms with van der Waals surface area (Å²) in [5.41, 5.74) is 2.80. The van der Waals surface area contributed by atoms with E-state index in [9.17, 15) is 9.90 Å². The molecule has 0 amide bonds. The smallest absolute Gasteiger partial charge is 0.166 e. The van der Waals surface area contributed by atoms with Gasteiger partial charge in [0.15, 0.2) is 11.5 Å². The number of phenolic OH excluding ortho intramolecular Hbond substituents is 1. The quantitative estimate of drug-likeness (QED) is 0.749. The highest BCUT2D eigenvalue weighted by Gasteiger charge is 2.17. The van der Waals surface area contributed by atoms with Gasteiger partial charge in [0.2, 0.25) is 0 Å². The van der Waals surface area contributed by atoms with Crippen molar-refractivity contribution in [3.05, 3.63) is 46.5 Å². The number of halogens is 1. The van der Waals surface area contributed by atoms with Crippen LogP contribution in [0.25, 0.3) is 16.7 Å². The van der Waals surface area contributed by atoms with Crippen LogP contribution in [0.1, 0.15) is 29.3 Å². The Kier molecular flexibility index (Phi) is 3.58. The van der Waals surface area contributed by atoms with Gasteiger partial charge in [0.05, 0.1) is 5.56 Å². The minimum absolute atomic E-state index is 0.108. The van der Waals surface area contributed by atoms with Crippen molar-refractivity contribution in [1.82, 2.24) is 15.0 Å². The molecule has 5 nitrogen and oxygen atoms in total. The van der Waals surface area contributed by atoms with Gasteiger partial charge in [0.25, 0.3) is 0 Å². The molecule has 0 saturated heterocycles. The Morgan fingerprint density at radius 2 is 1.95 bits per heavy atom. The van der Waals surface area contributed by atoms with Crippen molar-refractivity contribution in [2.75, 3.05) is 0 Å². The first kappa shape index (κ1) is 14.5. The minimum Gasteiger partial charge on any atom is -0.505 e. The Bertz CT molecular complexity index is 886. The molecule has 0 radical (unpaired) electrons. The van der Waals surface area contributed by atoms with E-state index in [-0.39, 0.29) is 17.1 Å². The fourth-order valence-electron chi connectivity index (χ4n) is 2.31. The maximum atomic E-state index is 12.0. The molecule has 0 saturated carbocycles. The van der Waals surface area contributed by atoms with Crippen molar-refractivity contribution in [3.63, 3.8) is 0 Å². The number of Topliss-reactive ketones (excluding diaryl/α,β-unsaturated/α-hetero) is 1. The lowest BCUT2D eigenvalue weighted by atomic mass is 10.0.